The maximum absolute atomic E-state index is 11.3. The number of amides is 2. The maximum atomic E-state index is 11.3. The summed E-state index contributed by atoms with van der Waals surface area (Å²) in [5.41, 5.74) is 0. The molecule has 1 heterocycles. The lowest BCUT2D eigenvalue weighted by Crippen LogP contribution is -2.40. The van der Waals surface area contributed by atoms with Gasteiger partial charge in [-0.15, -0.1) is 0 Å². The molecule has 1 aromatic heterocycles. The molecule has 1 aromatic rings. The summed E-state index contributed by atoms with van der Waals surface area (Å²) < 4.78 is 5.16. The van der Waals surface area contributed by atoms with E-state index in [9.17, 15) is 4.79 Å². The van der Waals surface area contributed by atoms with Crippen molar-refractivity contribution in [2.24, 2.45) is 0 Å². The molecule has 0 aromatic carbocycles. The molecule has 14 heavy (non-hydrogen) atoms. The number of hydrogen-bond donors (Lipinski definition) is 2. The van der Waals surface area contributed by atoms with Gasteiger partial charge in [0.25, 0.3) is 0 Å². The lowest BCUT2D eigenvalue weighted by Gasteiger charge is -2.14. The van der Waals surface area contributed by atoms with E-state index in [1.165, 1.54) is 0 Å². The molecule has 1 rings (SSSR count). The van der Waals surface area contributed by atoms with E-state index in [-0.39, 0.29) is 18.1 Å². The zero-order chi connectivity index (χ0) is 10.6. The van der Waals surface area contributed by atoms with Gasteiger partial charge in [-0.1, -0.05) is 0 Å². The van der Waals surface area contributed by atoms with Crippen LogP contribution in [0.4, 0.5) is 4.79 Å². The average Bonchev–Trinajstić information content (AvgIpc) is 2.53. The monoisotopic (exact) mass is 196 g/mol. The van der Waals surface area contributed by atoms with E-state index in [1.807, 2.05) is 26.8 Å². The number of nitrogens with one attached hydrogen (secondary N) is 2. The molecule has 0 spiro atoms. The van der Waals surface area contributed by atoms with Crippen molar-refractivity contribution in [2.75, 3.05) is 0 Å². The number of carbonyl (C=O) groups is 1. The van der Waals surface area contributed by atoms with Gasteiger partial charge in [0.05, 0.1) is 12.3 Å². The molecule has 4 nitrogen and oxygen atoms in total. The predicted octanol–water partition coefficient (Wildman–Crippen LogP) is 2.05. The summed E-state index contributed by atoms with van der Waals surface area (Å²) in [5.74, 6) is 0.754. The molecule has 1 atom stereocenters. The first-order chi connectivity index (χ1) is 6.59. The van der Waals surface area contributed by atoms with E-state index in [2.05, 4.69) is 10.6 Å². The largest absolute Gasteiger partial charge is 0.467 e. The van der Waals surface area contributed by atoms with Crippen LogP contribution in [-0.4, -0.2) is 12.1 Å². The van der Waals surface area contributed by atoms with Crippen LogP contribution in [0.5, 0.6) is 0 Å². The fraction of sp³-hybridized carbons (Fsp3) is 0.500. The van der Waals surface area contributed by atoms with Crippen molar-refractivity contribution in [1.82, 2.24) is 10.6 Å². The summed E-state index contributed by atoms with van der Waals surface area (Å²) in [7, 11) is 0. The first kappa shape index (κ1) is 10.6. The zero-order valence-corrected chi connectivity index (χ0v) is 8.70. The number of rotatable bonds is 3. The molecule has 2 amide bonds. The molecular weight excluding hydrogens is 180 g/mol. The Morgan fingerprint density at radius 2 is 2.07 bits per heavy atom. The van der Waals surface area contributed by atoms with Gasteiger partial charge in [0.15, 0.2) is 0 Å². The fourth-order valence-corrected chi connectivity index (χ4v) is 1.11. The highest BCUT2D eigenvalue weighted by Gasteiger charge is 2.11. The summed E-state index contributed by atoms with van der Waals surface area (Å²) in [6, 6.07) is 3.49. The Balaban J connectivity index is 2.41. The molecule has 0 aliphatic rings. The highest BCUT2D eigenvalue weighted by atomic mass is 16.3. The fourth-order valence-electron chi connectivity index (χ4n) is 1.11. The lowest BCUT2D eigenvalue weighted by molar-refractivity contribution is 0.234. The Kier molecular flexibility index (Phi) is 3.56. The number of carbonyl (C=O) groups excluding carboxylic acids is 1. The smallest absolute Gasteiger partial charge is 0.315 e. The minimum Gasteiger partial charge on any atom is -0.467 e. The van der Waals surface area contributed by atoms with Crippen molar-refractivity contribution in [3.63, 3.8) is 0 Å². The van der Waals surface area contributed by atoms with Gasteiger partial charge >= 0.3 is 6.03 Å². The van der Waals surface area contributed by atoms with Crippen LogP contribution < -0.4 is 10.6 Å². The molecule has 2 N–H and O–H groups in total. The molecule has 78 valence electrons. The molecule has 1 unspecified atom stereocenters. The highest BCUT2D eigenvalue weighted by molar-refractivity contribution is 5.74. The quantitative estimate of drug-likeness (QED) is 0.777. The van der Waals surface area contributed by atoms with Crippen LogP contribution in [0.3, 0.4) is 0 Å². The molecule has 0 bridgehead atoms. The molecule has 0 aliphatic carbocycles. The summed E-state index contributed by atoms with van der Waals surface area (Å²) in [6.45, 7) is 5.70. The van der Waals surface area contributed by atoms with E-state index in [1.54, 1.807) is 12.3 Å². The van der Waals surface area contributed by atoms with Gasteiger partial charge in [0.1, 0.15) is 5.76 Å². The third kappa shape index (κ3) is 3.12. The first-order valence-corrected chi connectivity index (χ1v) is 4.70. The van der Waals surface area contributed by atoms with Gasteiger partial charge in [-0.3, -0.25) is 0 Å². The molecule has 4 heteroatoms. The minimum atomic E-state index is -0.177. The second-order valence-corrected chi connectivity index (χ2v) is 3.51. The van der Waals surface area contributed by atoms with Crippen LogP contribution >= 0.6 is 0 Å². The first-order valence-electron chi connectivity index (χ1n) is 4.70. The number of furan rings is 1. The van der Waals surface area contributed by atoms with Crippen LogP contribution in [0.15, 0.2) is 22.8 Å². The molecule has 0 aliphatic heterocycles. The Hall–Kier alpha value is -1.45. The van der Waals surface area contributed by atoms with E-state index in [0.717, 1.165) is 5.76 Å². The van der Waals surface area contributed by atoms with Crippen LogP contribution in [0.25, 0.3) is 0 Å². The lowest BCUT2D eigenvalue weighted by atomic mass is 10.2. The second kappa shape index (κ2) is 4.69. The Bertz CT molecular complexity index is 280. The van der Waals surface area contributed by atoms with Crippen LogP contribution in [0, 0.1) is 0 Å². The average molecular weight is 196 g/mol. The normalized spacial score (nSPS) is 12.6. The maximum Gasteiger partial charge on any atom is 0.315 e. The van der Waals surface area contributed by atoms with E-state index < -0.39 is 0 Å². The van der Waals surface area contributed by atoms with Crippen LogP contribution in [0.2, 0.25) is 0 Å². The van der Waals surface area contributed by atoms with Crippen LogP contribution in [-0.2, 0) is 0 Å². The van der Waals surface area contributed by atoms with Gasteiger partial charge in [-0.25, -0.2) is 4.79 Å². The van der Waals surface area contributed by atoms with Crippen molar-refractivity contribution in [3.05, 3.63) is 24.2 Å². The van der Waals surface area contributed by atoms with E-state index in [4.69, 9.17) is 4.42 Å². The van der Waals surface area contributed by atoms with Gasteiger partial charge < -0.3 is 15.1 Å². The molecule has 0 saturated carbocycles. The predicted molar refractivity (Wildman–Crippen MR) is 53.9 cm³/mol. The van der Waals surface area contributed by atoms with Gasteiger partial charge in [0, 0.05) is 6.04 Å². The molecular formula is C10H16N2O2. The Morgan fingerprint density at radius 3 is 2.57 bits per heavy atom. The summed E-state index contributed by atoms with van der Waals surface area (Å²) in [5, 5.41) is 5.51. The summed E-state index contributed by atoms with van der Waals surface area (Å²) in [4.78, 5) is 11.3. The van der Waals surface area contributed by atoms with E-state index >= 15 is 0 Å². The summed E-state index contributed by atoms with van der Waals surface area (Å²) >= 11 is 0. The van der Waals surface area contributed by atoms with E-state index in [0.29, 0.717) is 0 Å². The van der Waals surface area contributed by atoms with Gasteiger partial charge in [-0.2, -0.15) is 0 Å². The Labute approximate surface area is 83.7 Å². The third-order valence-corrected chi connectivity index (χ3v) is 1.74. The van der Waals surface area contributed by atoms with Crippen molar-refractivity contribution >= 4 is 6.03 Å². The van der Waals surface area contributed by atoms with Crippen molar-refractivity contribution < 1.29 is 9.21 Å². The van der Waals surface area contributed by atoms with Gasteiger partial charge in [0.2, 0.25) is 0 Å². The summed E-state index contributed by atoms with van der Waals surface area (Å²) in [6.07, 6.45) is 1.59. The van der Waals surface area contributed by atoms with Crippen molar-refractivity contribution in [1.29, 1.82) is 0 Å². The second-order valence-electron chi connectivity index (χ2n) is 3.51. The Morgan fingerprint density at radius 1 is 1.36 bits per heavy atom. The zero-order valence-electron chi connectivity index (χ0n) is 8.70. The van der Waals surface area contributed by atoms with Crippen molar-refractivity contribution in [3.8, 4) is 0 Å². The minimum absolute atomic E-state index is 0.108. The van der Waals surface area contributed by atoms with Crippen molar-refractivity contribution in [2.45, 2.75) is 32.9 Å². The molecule has 0 fully saturated rings. The SMILES string of the molecule is CC(C)NC(=O)NC(C)c1ccco1. The third-order valence-electron chi connectivity index (χ3n) is 1.74. The van der Waals surface area contributed by atoms with Gasteiger partial charge in [-0.05, 0) is 32.9 Å². The topological polar surface area (TPSA) is 54.3 Å². The van der Waals surface area contributed by atoms with Crippen LogP contribution in [0.1, 0.15) is 32.6 Å². The number of hydrogen-bond acceptors (Lipinski definition) is 2. The molecule has 0 radical (unpaired) electrons. The molecule has 0 saturated heterocycles. The number of urea groups is 1. The standard InChI is InChI=1S/C10H16N2O2/c1-7(2)11-10(13)12-8(3)9-5-4-6-14-9/h4-8H,1-3H3,(H2,11,12,13). The highest BCUT2D eigenvalue weighted by Crippen LogP contribution is 2.11.